The molecule has 52 valence electrons. The van der Waals surface area contributed by atoms with Crippen LogP contribution in [0.25, 0.3) is 0 Å². The van der Waals surface area contributed by atoms with Gasteiger partial charge < -0.3 is 10.6 Å². The first-order valence-corrected chi connectivity index (χ1v) is 3.37. The summed E-state index contributed by atoms with van der Waals surface area (Å²) in [6, 6.07) is 0. The molecule has 3 heteroatoms. The molecule has 2 saturated heterocycles. The molecular weight excluding hydrogens is 116 g/mol. The molecule has 2 N–H and O–H groups in total. The maximum absolute atomic E-state index is 9.79. The minimum absolute atomic E-state index is 0.185. The fourth-order valence-electron chi connectivity index (χ4n) is 0.404. The molecule has 3 nitrogen and oxygen atoms in total. The van der Waals surface area contributed by atoms with Gasteiger partial charge >= 0.3 is 0 Å². The van der Waals surface area contributed by atoms with Gasteiger partial charge in [-0.25, -0.2) is 0 Å². The molecule has 0 aliphatic carbocycles. The lowest BCUT2D eigenvalue weighted by Gasteiger charge is -2.10. The van der Waals surface area contributed by atoms with Gasteiger partial charge in [0.05, 0.1) is 0 Å². The molecule has 1 amide bonds. The summed E-state index contributed by atoms with van der Waals surface area (Å²) in [6.45, 7) is 3.39. The van der Waals surface area contributed by atoms with Crippen LogP contribution in [-0.2, 0) is 4.79 Å². The first-order valence-electron chi connectivity index (χ1n) is 3.37. The molecule has 9 heavy (non-hydrogen) atoms. The van der Waals surface area contributed by atoms with Gasteiger partial charge in [0.15, 0.2) is 0 Å². The SMILES string of the molecule is C1CNC1.O=C1CCN1. The van der Waals surface area contributed by atoms with Crippen molar-refractivity contribution in [3.05, 3.63) is 0 Å². The number of hydrogen-bond acceptors (Lipinski definition) is 2. The predicted molar refractivity (Wildman–Crippen MR) is 35.1 cm³/mol. The molecule has 0 atom stereocenters. The smallest absolute Gasteiger partial charge is 0.221 e. The van der Waals surface area contributed by atoms with E-state index in [1.165, 1.54) is 19.5 Å². The van der Waals surface area contributed by atoms with E-state index in [1.54, 1.807) is 0 Å². The lowest BCUT2D eigenvalue weighted by atomic mass is 10.3. The summed E-state index contributed by atoms with van der Waals surface area (Å²) in [5, 5.41) is 5.68. The van der Waals surface area contributed by atoms with E-state index in [0.717, 1.165) is 13.0 Å². The Labute approximate surface area is 54.8 Å². The van der Waals surface area contributed by atoms with E-state index in [1.807, 2.05) is 0 Å². The van der Waals surface area contributed by atoms with Crippen molar-refractivity contribution in [2.45, 2.75) is 12.8 Å². The fraction of sp³-hybridized carbons (Fsp3) is 0.833. The molecule has 0 radical (unpaired) electrons. The second-order valence-corrected chi connectivity index (χ2v) is 2.20. The van der Waals surface area contributed by atoms with Gasteiger partial charge in [-0.15, -0.1) is 0 Å². The van der Waals surface area contributed by atoms with E-state index in [0.29, 0.717) is 0 Å². The third kappa shape index (κ3) is 2.46. The summed E-state index contributed by atoms with van der Waals surface area (Å²) >= 11 is 0. The number of β-lactam (4-membered cyclic amide) rings is 1. The summed E-state index contributed by atoms with van der Waals surface area (Å²) in [5.41, 5.74) is 0. The van der Waals surface area contributed by atoms with E-state index in [4.69, 9.17) is 0 Å². The lowest BCUT2D eigenvalue weighted by Crippen LogP contribution is -2.37. The number of amides is 1. The van der Waals surface area contributed by atoms with Crippen LogP contribution in [0.5, 0.6) is 0 Å². The van der Waals surface area contributed by atoms with Crippen molar-refractivity contribution in [1.82, 2.24) is 10.6 Å². The van der Waals surface area contributed by atoms with Crippen LogP contribution in [0.3, 0.4) is 0 Å². The van der Waals surface area contributed by atoms with Crippen LogP contribution in [0.4, 0.5) is 0 Å². The molecule has 0 spiro atoms. The number of hydrogen-bond donors (Lipinski definition) is 2. The van der Waals surface area contributed by atoms with Crippen LogP contribution >= 0.6 is 0 Å². The highest BCUT2D eigenvalue weighted by atomic mass is 16.2. The van der Waals surface area contributed by atoms with Crippen LogP contribution in [-0.4, -0.2) is 25.5 Å². The molecule has 2 aliphatic rings. The molecule has 0 aromatic heterocycles. The van der Waals surface area contributed by atoms with E-state index in [9.17, 15) is 4.79 Å². The van der Waals surface area contributed by atoms with Crippen molar-refractivity contribution in [3.63, 3.8) is 0 Å². The van der Waals surface area contributed by atoms with Crippen molar-refractivity contribution < 1.29 is 4.79 Å². The molecule has 2 aliphatic heterocycles. The molecule has 0 bridgehead atoms. The molecule has 0 aromatic rings. The Hall–Kier alpha value is -0.570. The number of rotatable bonds is 0. The zero-order valence-corrected chi connectivity index (χ0v) is 5.44. The predicted octanol–water partition coefficient (Wildman–Crippen LogP) is -0.514. The van der Waals surface area contributed by atoms with E-state index in [2.05, 4.69) is 10.6 Å². The third-order valence-electron chi connectivity index (χ3n) is 1.38. The van der Waals surface area contributed by atoms with E-state index < -0.39 is 0 Å². The van der Waals surface area contributed by atoms with Gasteiger partial charge in [-0.05, 0) is 19.5 Å². The van der Waals surface area contributed by atoms with Crippen molar-refractivity contribution in [2.75, 3.05) is 19.6 Å². The highest BCUT2D eigenvalue weighted by molar-refractivity contribution is 5.81. The average Bonchev–Trinajstić information content (AvgIpc) is 1.56. The van der Waals surface area contributed by atoms with Crippen molar-refractivity contribution in [2.24, 2.45) is 0 Å². The molecule has 0 unspecified atom stereocenters. The zero-order valence-electron chi connectivity index (χ0n) is 5.44. The highest BCUT2D eigenvalue weighted by Crippen LogP contribution is 1.85. The molecule has 2 rings (SSSR count). The first kappa shape index (κ1) is 6.55. The molecular formula is C6H12N2O. The normalized spacial score (nSPS) is 22.0. The minimum atomic E-state index is 0.185. The Morgan fingerprint density at radius 1 is 1.22 bits per heavy atom. The number of carbonyl (C=O) groups excluding carboxylic acids is 1. The van der Waals surface area contributed by atoms with Crippen LogP contribution in [0.15, 0.2) is 0 Å². The van der Waals surface area contributed by atoms with Crippen molar-refractivity contribution in [3.8, 4) is 0 Å². The molecule has 2 fully saturated rings. The lowest BCUT2D eigenvalue weighted by molar-refractivity contribution is -0.125. The van der Waals surface area contributed by atoms with E-state index in [-0.39, 0.29) is 5.91 Å². The van der Waals surface area contributed by atoms with Crippen LogP contribution in [0, 0.1) is 0 Å². The van der Waals surface area contributed by atoms with Crippen LogP contribution in [0.1, 0.15) is 12.8 Å². The standard InChI is InChI=1S/C3H5NO.C3H7N/c5-3-1-2-4-3;1-2-4-3-1/h1-2H2,(H,4,5);4H,1-3H2. The van der Waals surface area contributed by atoms with Gasteiger partial charge in [0.2, 0.25) is 5.91 Å². The quantitative estimate of drug-likeness (QED) is 0.431. The van der Waals surface area contributed by atoms with Gasteiger partial charge in [-0.2, -0.15) is 0 Å². The maximum atomic E-state index is 9.79. The molecule has 0 aromatic carbocycles. The Bertz CT molecular complexity index is 89.2. The minimum Gasteiger partial charge on any atom is -0.356 e. The number of carbonyl (C=O) groups is 1. The van der Waals surface area contributed by atoms with Gasteiger partial charge in [0, 0.05) is 13.0 Å². The second-order valence-electron chi connectivity index (χ2n) is 2.20. The topological polar surface area (TPSA) is 41.1 Å². The Balaban J connectivity index is 0.0000000922. The first-order chi connectivity index (χ1) is 4.39. The Morgan fingerprint density at radius 2 is 1.56 bits per heavy atom. The summed E-state index contributed by atoms with van der Waals surface area (Å²) < 4.78 is 0. The highest BCUT2D eigenvalue weighted by Gasteiger charge is 2.07. The zero-order chi connectivity index (χ0) is 6.53. The Kier molecular flexibility index (Phi) is 2.51. The summed E-state index contributed by atoms with van der Waals surface area (Å²) in [7, 11) is 0. The summed E-state index contributed by atoms with van der Waals surface area (Å²) in [5.74, 6) is 0.185. The third-order valence-corrected chi connectivity index (χ3v) is 1.38. The fourth-order valence-corrected chi connectivity index (χ4v) is 0.404. The summed E-state index contributed by atoms with van der Waals surface area (Å²) in [4.78, 5) is 9.79. The second kappa shape index (κ2) is 3.45. The van der Waals surface area contributed by atoms with Gasteiger partial charge in [-0.1, -0.05) is 0 Å². The molecule has 2 heterocycles. The largest absolute Gasteiger partial charge is 0.356 e. The van der Waals surface area contributed by atoms with Gasteiger partial charge in [-0.3, -0.25) is 4.79 Å². The number of nitrogens with one attached hydrogen (secondary N) is 2. The molecule has 0 saturated carbocycles. The van der Waals surface area contributed by atoms with Gasteiger partial charge in [0.1, 0.15) is 0 Å². The van der Waals surface area contributed by atoms with Crippen molar-refractivity contribution in [1.29, 1.82) is 0 Å². The summed E-state index contributed by atoms with van der Waals surface area (Å²) in [6.07, 6.45) is 2.12. The van der Waals surface area contributed by atoms with Crippen LogP contribution in [0.2, 0.25) is 0 Å². The van der Waals surface area contributed by atoms with Crippen LogP contribution < -0.4 is 10.6 Å². The van der Waals surface area contributed by atoms with Crippen molar-refractivity contribution >= 4 is 5.91 Å². The van der Waals surface area contributed by atoms with Gasteiger partial charge in [0.25, 0.3) is 0 Å². The maximum Gasteiger partial charge on any atom is 0.221 e. The monoisotopic (exact) mass is 128 g/mol. The van der Waals surface area contributed by atoms with E-state index >= 15 is 0 Å². The average molecular weight is 128 g/mol. The Morgan fingerprint density at radius 3 is 1.56 bits per heavy atom.